The van der Waals surface area contributed by atoms with E-state index in [0.717, 1.165) is 29.3 Å². The molecule has 4 N–H and O–H groups in total. The number of hydrogen-bond donors (Lipinski definition) is 3. The lowest BCUT2D eigenvalue weighted by Gasteiger charge is -2.15. The molecule has 0 bridgehead atoms. The zero-order chi connectivity index (χ0) is 14.4. The van der Waals surface area contributed by atoms with Crippen molar-refractivity contribution in [3.63, 3.8) is 0 Å². The Hall–Kier alpha value is -2.07. The maximum Gasteiger partial charge on any atom is 0.319 e. The highest BCUT2D eigenvalue weighted by Crippen LogP contribution is 2.22. The fourth-order valence-electron chi connectivity index (χ4n) is 2.21. The summed E-state index contributed by atoms with van der Waals surface area (Å²) in [7, 11) is 0. The van der Waals surface area contributed by atoms with Crippen molar-refractivity contribution >= 4 is 22.5 Å². The molecule has 20 heavy (non-hydrogen) atoms. The first-order valence-corrected chi connectivity index (χ1v) is 6.96. The van der Waals surface area contributed by atoms with E-state index in [2.05, 4.69) is 10.6 Å². The zero-order valence-corrected chi connectivity index (χ0v) is 11.7. The van der Waals surface area contributed by atoms with Crippen LogP contribution in [0, 0.1) is 0 Å². The molecule has 0 aliphatic carbocycles. The summed E-state index contributed by atoms with van der Waals surface area (Å²) in [5, 5.41) is 7.99. The molecule has 1 unspecified atom stereocenters. The van der Waals surface area contributed by atoms with Gasteiger partial charge in [0.2, 0.25) is 0 Å². The van der Waals surface area contributed by atoms with Gasteiger partial charge in [-0.3, -0.25) is 0 Å². The minimum atomic E-state index is -0.175. The maximum absolute atomic E-state index is 12.0. The lowest BCUT2D eigenvalue weighted by molar-refractivity contribution is 0.248. The average molecular weight is 271 g/mol. The smallest absolute Gasteiger partial charge is 0.319 e. The van der Waals surface area contributed by atoms with Crippen LogP contribution in [-0.2, 0) is 0 Å². The van der Waals surface area contributed by atoms with Gasteiger partial charge in [-0.05, 0) is 37.8 Å². The Kier molecular flexibility index (Phi) is 4.96. The summed E-state index contributed by atoms with van der Waals surface area (Å²) in [5.74, 6) is 0. The van der Waals surface area contributed by atoms with Crippen LogP contribution in [0.1, 0.15) is 19.8 Å². The van der Waals surface area contributed by atoms with Gasteiger partial charge in [-0.2, -0.15) is 0 Å². The largest absolute Gasteiger partial charge is 0.335 e. The molecule has 0 saturated carbocycles. The molecular formula is C16H21N3O. The number of nitrogens with one attached hydrogen (secondary N) is 2. The van der Waals surface area contributed by atoms with Gasteiger partial charge in [0.1, 0.15) is 0 Å². The quantitative estimate of drug-likeness (QED) is 0.782. The van der Waals surface area contributed by atoms with Crippen molar-refractivity contribution in [1.82, 2.24) is 5.32 Å². The highest BCUT2D eigenvalue weighted by Gasteiger charge is 2.08. The molecule has 2 rings (SSSR count). The van der Waals surface area contributed by atoms with Crippen molar-refractivity contribution in [2.75, 3.05) is 11.9 Å². The summed E-state index contributed by atoms with van der Waals surface area (Å²) in [5.41, 5.74) is 6.29. The Balaban J connectivity index is 2.03. The van der Waals surface area contributed by atoms with Gasteiger partial charge in [0.15, 0.2) is 0 Å². The van der Waals surface area contributed by atoms with Gasteiger partial charge in [-0.1, -0.05) is 36.4 Å². The monoisotopic (exact) mass is 271 g/mol. The molecule has 2 aromatic carbocycles. The SMILES string of the molecule is CC(CCCN)NC(=O)Nc1cccc2ccccc12. The van der Waals surface area contributed by atoms with Gasteiger partial charge in [-0.25, -0.2) is 4.79 Å². The molecule has 0 aromatic heterocycles. The van der Waals surface area contributed by atoms with Crippen molar-refractivity contribution in [2.45, 2.75) is 25.8 Å². The predicted molar refractivity (Wildman–Crippen MR) is 83.9 cm³/mol. The van der Waals surface area contributed by atoms with Crippen LogP contribution < -0.4 is 16.4 Å². The fourth-order valence-corrected chi connectivity index (χ4v) is 2.21. The van der Waals surface area contributed by atoms with Crippen LogP contribution in [0.3, 0.4) is 0 Å². The van der Waals surface area contributed by atoms with Crippen molar-refractivity contribution in [2.24, 2.45) is 5.73 Å². The first-order valence-electron chi connectivity index (χ1n) is 6.96. The van der Waals surface area contributed by atoms with E-state index in [1.54, 1.807) is 0 Å². The van der Waals surface area contributed by atoms with E-state index in [1.807, 2.05) is 49.4 Å². The molecule has 0 fully saturated rings. The van der Waals surface area contributed by atoms with E-state index in [-0.39, 0.29) is 12.1 Å². The molecule has 0 heterocycles. The number of benzene rings is 2. The number of carbonyl (C=O) groups is 1. The third kappa shape index (κ3) is 3.71. The van der Waals surface area contributed by atoms with E-state index in [4.69, 9.17) is 5.73 Å². The van der Waals surface area contributed by atoms with Crippen LogP contribution >= 0.6 is 0 Å². The minimum absolute atomic E-state index is 0.119. The second kappa shape index (κ2) is 6.91. The minimum Gasteiger partial charge on any atom is -0.335 e. The van der Waals surface area contributed by atoms with Crippen molar-refractivity contribution < 1.29 is 4.79 Å². The number of anilines is 1. The molecular weight excluding hydrogens is 250 g/mol. The van der Waals surface area contributed by atoms with Gasteiger partial charge < -0.3 is 16.4 Å². The Morgan fingerprint density at radius 3 is 2.75 bits per heavy atom. The lowest BCUT2D eigenvalue weighted by Crippen LogP contribution is -2.36. The number of hydrogen-bond acceptors (Lipinski definition) is 2. The number of rotatable bonds is 5. The number of fused-ring (bicyclic) bond motifs is 1. The number of urea groups is 1. The Morgan fingerprint density at radius 1 is 1.20 bits per heavy atom. The predicted octanol–water partition coefficient (Wildman–Crippen LogP) is 3.09. The van der Waals surface area contributed by atoms with E-state index in [9.17, 15) is 4.79 Å². The summed E-state index contributed by atoms with van der Waals surface area (Å²) < 4.78 is 0. The normalized spacial score (nSPS) is 12.1. The third-order valence-electron chi connectivity index (χ3n) is 3.26. The Morgan fingerprint density at radius 2 is 1.95 bits per heavy atom. The standard InChI is InChI=1S/C16H21N3O/c1-12(6-5-11-17)18-16(20)19-15-10-4-8-13-7-2-3-9-14(13)15/h2-4,7-10,12H,5-6,11,17H2,1H3,(H2,18,19,20). The molecule has 0 aliphatic heterocycles. The first kappa shape index (κ1) is 14.3. The topological polar surface area (TPSA) is 67.1 Å². The maximum atomic E-state index is 12.0. The van der Waals surface area contributed by atoms with Crippen LogP contribution in [0.15, 0.2) is 42.5 Å². The number of carbonyl (C=O) groups excluding carboxylic acids is 1. The lowest BCUT2D eigenvalue weighted by atomic mass is 10.1. The number of nitrogens with two attached hydrogens (primary N) is 1. The van der Waals surface area contributed by atoms with E-state index in [1.165, 1.54) is 0 Å². The molecule has 2 aromatic rings. The molecule has 4 heteroatoms. The van der Waals surface area contributed by atoms with Crippen molar-refractivity contribution in [3.8, 4) is 0 Å². The highest BCUT2D eigenvalue weighted by atomic mass is 16.2. The molecule has 0 spiro atoms. The van der Waals surface area contributed by atoms with Gasteiger partial charge >= 0.3 is 6.03 Å². The van der Waals surface area contributed by atoms with Crippen molar-refractivity contribution in [1.29, 1.82) is 0 Å². The average Bonchev–Trinajstić information content (AvgIpc) is 2.45. The molecule has 1 atom stereocenters. The molecule has 2 amide bonds. The summed E-state index contributed by atoms with van der Waals surface area (Å²) in [6, 6.07) is 13.8. The summed E-state index contributed by atoms with van der Waals surface area (Å²) in [6.45, 7) is 2.63. The van der Waals surface area contributed by atoms with Gasteiger partial charge in [0.05, 0.1) is 5.69 Å². The Bertz CT molecular complexity index is 577. The molecule has 106 valence electrons. The van der Waals surface area contributed by atoms with Crippen LogP contribution in [0.5, 0.6) is 0 Å². The van der Waals surface area contributed by atoms with E-state index >= 15 is 0 Å². The second-order valence-corrected chi connectivity index (χ2v) is 4.96. The summed E-state index contributed by atoms with van der Waals surface area (Å²) >= 11 is 0. The third-order valence-corrected chi connectivity index (χ3v) is 3.26. The van der Waals surface area contributed by atoms with Gasteiger partial charge in [-0.15, -0.1) is 0 Å². The van der Waals surface area contributed by atoms with Crippen LogP contribution in [0.25, 0.3) is 10.8 Å². The first-order chi connectivity index (χ1) is 9.70. The van der Waals surface area contributed by atoms with Crippen LogP contribution in [0.4, 0.5) is 10.5 Å². The summed E-state index contributed by atoms with van der Waals surface area (Å²) in [4.78, 5) is 12.0. The van der Waals surface area contributed by atoms with E-state index in [0.29, 0.717) is 6.54 Å². The fraction of sp³-hybridized carbons (Fsp3) is 0.312. The molecule has 0 saturated heterocycles. The molecule has 0 aliphatic rings. The van der Waals surface area contributed by atoms with Crippen LogP contribution in [-0.4, -0.2) is 18.6 Å². The van der Waals surface area contributed by atoms with Gasteiger partial charge in [0, 0.05) is 11.4 Å². The highest BCUT2D eigenvalue weighted by molar-refractivity contribution is 6.01. The van der Waals surface area contributed by atoms with E-state index < -0.39 is 0 Å². The zero-order valence-electron chi connectivity index (χ0n) is 11.7. The second-order valence-electron chi connectivity index (χ2n) is 4.96. The molecule has 0 radical (unpaired) electrons. The number of amides is 2. The van der Waals surface area contributed by atoms with Crippen LogP contribution in [0.2, 0.25) is 0 Å². The van der Waals surface area contributed by atoms with Gasteiger partial charge in [0.25, 0.3) is 0 Å². The van der Waals surface area contributed by atoms with Crippen molar-refractivity contribution in [3.05, 3.63) is 42.5 Å². The Labute approximate surface area is 119 Å². The summed E-state index contributed by atoms with van der Waals surface area (Å²) in [6.07, 6.45) is 1.80. The molecule has 4 nitrogen and oxygen atoms in total.